The lowest BCUT2D eigenvalue weighted by Gasteiger charge is -2.22. The van der Waals surface area contributed by atoms with Crippen LogP contribution >= 0.6 is 23.2 Å². The number of alkyl carbamates (subject to hydrolysis) is 1. The van der Waals surface area contributed by atoms with Gasteiger partial charge in [0.15, 0.2) is 0 Å². The second-order valence-corrected chi connectivity index (χ2v) is 8.63. The van der Waals surface area contributed by atoms with Gasteiger partial charge < -0.3 is 21.1 Å². The number of nitrogens with two attached hydrogens (primary N) is 1. The summed E-state index contributed by atoms with van der Waals surface area (Å²) in [6.45, 7) is 0.0429. The Morgan fingerprint density at radius 3 is 1.89 bits per heavy atom. The molecule has 182 valence electrons. The van der Waals surface area contributed by atoms with Gasteiger partial charge in [0.2, 0.25) is 11.8 Å². The fourth-order valence-corrected chi connectivity index (χ4v) is 3.94. The first-order chi connectivity index (χ1) is 16.8. The van der Waals surface area contributed by atoms with Gasteiger partial charge in [-0.2, -0.15) is 0 Å². The van der Waals surface area contributed by atoms with Gasteiger partial charge in [-0.1, -0.05) is 89.9 Å². The van der Waals surface area contributed by atoms with Gasteiger partial charge in [-0.3, -0.25) is 9.59 Å². The number of benzene rings is 3. The molecule has 0 fully saturated rings. The monoisotopic (exact) mass is 513 g/mol. The summed E-state index contributed by atoms with van der Waals surface area (Å²) in [6.07, 6.45) is -0.601. The Balaban J connectivity index is 1.72. The molecule has 7 nitrogen and oxygen atoms in total. The zero-order valence-electron chi connectivity index (χ0n) is 18.7. The Morgan fingerprint density at radius 2 is 1.31 bits per heavy atom. The van der Waals surface area contributed by atoms with E-state index in [4.69, 9.17) is 33.7 Å². The molecule has 0 heterocycles. The quantitative estimate of drug-likeness (QED) is 0.379. The number of nitrogens with one attached hydrogen (secondary N) is 2. The van der Waals surface area contributed by atoms with Crippen molar-refractivity contribution in [1.82, 2.24) is 10.6 Å². The second kappa shape index (κ2) is 12.8. The third-order valence-corrected chi connectivity index (χ3v) is 5.94. The van der Waals surface area contributed by atoms with Crippen molar-refractivity contribution in [3.63, 3.8) is 0 Å². The number of carbonyl (C=O) groups excluding carboxylic acids is 3. The molecule has 0 radical (unpaired) electrons. The van der Waals surface area contributed by atoms with E-state index in [9.17, 15) is 14.4 Å². The van der Waals surface area contributed by atoms with E-state index < -0.39 is 30.0 Å². The lowest BCUT2D eigenvalue weighted by atomic mass is 10.0. The summed E-state index contributed by atoms with van der Waals surface area (Å²) in [7, 11) is 0. The summed E-state index contributed by atoms with van der Waals surface area (Å²) in [4.78, 5) is 37.8. The molecule has 0 aliphatic rings. The lowest BCUT2D eigenvalue weighted by molar-refractivity contribution is -0.128. The summed E-state index contributed by atoms with van der Waals surface area (Å²) in [5.41, 5.74) is 7.64. The van der Waals surface area contributed by atoms with Crippen LogP contribution in [0.4, 0.5) is 4.79 Å². The number of amides is 3. The van der Waals surface area contributed by atoms with Crippen LogP contribution in [0.1, 0.15) is 16.7 Å². The number of hydrogen-bond donors (Lipinski definition) is 3. The summed E-state index contributed by atoms with van der Waals surface area (Å²) < 4.78 is 5.27. The van der Waals surface area contributed by atoms with Crippen LogP contribution in [-0.2, 0) is 33.8 Å². The van der Waals surface area contributed by atoms with Crippen molar-refractivity contribution in [2.45, 2.75) is 31.5 Å². The first kappa shape index (κ1) is 26.1. The van der Waals surface area contributed by atoms with Gasteiger partial charge in [0, 0.05) is 22.9 Å². The van der Waals surface area contributed by atoms with Crippen LogP contribution in [-0.4, -0.2) is 30.0 Å². The van der Waals surface area contributed by atoms with E-state index in [1.165, 1.54) is 0 Å². The molecule has 3 rings (SSSR count). The maximum absolute atomic E-state index is 13.2. The molecule has 9 heteroatoms. The third kappa shape index (κ3) is 8.02. The van der Waals surface area contributed by atoms with E-state index in [0.29, 0.717) is 15.6 Å². The molecule has 3 amide bonds. The van der Waals surface area contributed by atoms with Gasteiger partial charge in [0.25, 0.3) is 0 Å². The van der Waals surface area contributed by atoms with Crippen molar-refractivity contribution in [2.75, 3.05) is 0 Å². The fourth-order valence-electron chi connectivity index (χ4n) is 3.39. The molecular weight excluding hydrogens is 489 g/mol. The van der Waals surface area contributed by atoms with Crippen LogP contribution in [0, 0.1) is 0 Å². The van der Waals surface area contributed by atoms with E-state index in [0.717, 1.165) is 11.1 Å². The van der Waals surface area contributed by atoms with Crippen LogP contribution in [0.5, 0.6) is 0 Å². The van der Waals surface area contributed by atoms with Crippen LogP contribution in [0.15, 0.2) is 78.9 Å². The van der Waals surface area contributed by atoms with E-state index >= 15 is 0 Å². The molecule has 4 N–H and O–H groups in total. The zero-order valence-corrected chi connectivity index (χ0v) is 20.3. The first-order valence-electron chi connectivity index (χ1n) is 10.9. The number of ether oxygens (including phenoxy) is 1. The molecule has 0 aliphatic heterocycles. The molecule has 0 unspecified atom stereocenters. The predicted octanol–water partition coefficient (Wildman–Crippen LogP) is 4.04. The van der Waals surface area contributed by atoms with Crippen molar-refractivity contribution < 1.29 is 19.1 Å². The van der Waals surface area contributed by atoms with Crippen LogP contribution < -0.4 is 16.4 Å². The number of hydrogen-bond acceptors (Lipinski definition) is 4. The summed E-state index contributed by atoms with van der Waals surface area (Å²) >= 11 is 12.4. The molecular formula is C26H25Cl2N3O4. The van der Waals surface area contributed by atoms with Crippen LogP contribution in [0.2, 0.25) is 10.0 Å². The lowest BCUT2D eigenvalue weighted by Crippen LogP contribution is -2.54. The maximum atomic E-state index is 13.2. The topological polar surface area (TPSA) is 111 Å². The highest BCUT2D eigenvalue weighted by Gasteiger charge is 2.27. The van der Waals surface area contributed by atoms with Crippen molar-refractivity contribution in [1.29, 1.82) is 0 Å². The smallest absolute Gasteiger partial charge is 0.408 e. The fraction of sp³-hybridized carbons (Fsp3) is 0.192. The van der Waals surface area contributed by atoms with Crippen molar-refractivity contribution >= 4 is 41.1 Å². The van der Waals surface area contributed by atoms with E-state index in [-0.39, 0.29) is 19.4 Å². The summed E-state index contributed by atoms with van der Waals surface area (Å²) in [5, 5.41) is 5.90. The molecule has 0 saturated heterocycles. The molecule has 3 aromatic rings. The third-order valence-electron chi connectivity index (χ3n) is 5.23. The largest absolute Gasteiger partial charge is 0.445 e. The zero-order chi connectivity index (χ0) is 25.2. The number of primary amides is 1. The summed E-state index contributed by atoms with van der Waals surface area (Å²) in [5.74, 6) is -1.36. The highest BCUT2D eigenvalue weighted by molar-refractivity contribution is 6.36. The van der Waals surface area contributed by atoms with Gasteiger partial charge in [0.05, 0.1) is 0 Å². The van der Waals surface area contributed by atoms with E-state index in [1.54, 1.807) is 18.2 Å². The Bertz CT molecular complexity index is 1140. The van der Waals surface area contributed by atoms with Crippen LogP contribution in [0.3, 0.4) is 0 Å². The van der Waals surface area contributed by atoms with Crippen LogP contribution in [0.25, 0.3) is 0 Å². The van der Waals surface area contributed by atoms with Gasteiger partial charge >= 0.3 is 6.09 Å². The van der Waals surface area contributed by atoms with Crippen molar-refractivity contribution in [3.8, 4) is 0 Å². The maximum Gasteiger partial charge on any atom is 0.408 e. The average Bonchev–Trinajstić information content (AvgIpc) is 2.85. The Hall–Kier alpha value is -3.55. The number of carbonyl (C=O) groups is 3. The van der Waals surface area contributed by atoms with Crippen molar-refractivity contribution in [3.05, 3.63) is 106 Å². The minimum Gasteiger partial charge on any atom is -0.445 e. The van der Waals surface area contributed by atoms with Gasteiger partial charge in [-0.25, -0.2) is 4.79 Å². The molecule has 0 aliphatic carbocycles. The number of halogens is 2. The van der Waals surface area contributed by atoms with Gasteiger partial charge in [0.1, 0.15) is 18.7 Å². The standard InChI is InChI=1S/C26H25Cl2N3O4/c27-20-12-7-13-21(28)19(20)15-22(24(29)32)30-25(33)23(14-17-8-3-1-4-9-17)31-26(34)35-16-18-10-5-2-6-11-18/h1-13,22-23H,14-16H2,(H2,29,32)(H,30,33)(H,31,34)/t22-,23+/m1/s1. The predicted molar refractivity (Wildman–Crippen MR) is 135 cm³/mol. The highest BCUT2D eigenvalue weighted by atomic mass is 35.5. The van der Waals surface area contributed by atoms with Gasteiger partial charge in [-0.15, -0.1) is 0 Å². The average molecular weight is 514 g/mol. The molecule has 35 heavy (non-hydrogen) atoms. The molecule has 3 aromatic carbocycles. The molecule has 0 aromatic heterocycles. The first-order valence-corrected chi connectivity index (χ1v) is 11.6. The summed E-state index contributed by atoms with van der Waals surface area (Å²) in [6, 6.07) is 21.1. The highest BCUT2D eigenvalue weighted by Crippen LogP contribution is 2.25. The number of rotatable bonds is 10. The van der Waals surface area contributed by atoms with Crippen molar-refractivity contribution in [2.24, 2.45) is 5.73 Å². The molecule has 0 saturated carbocycles. The minimum absolute atomic E-state index is 0.00388. The SMILES string of the molecule is NC(=O)[C@@H](Cc1c(Cl)cccc1Cl)NC(=O)[C@H](Cc1ccccc1)NC(=O)OCc1ccccc1. The minimum atomic E-state index is -1.10. The Morgan fingerprint density at radius 1 is 0.743 bits per heavy atom. The Kier molecular flexibility index (Phi) is 9.52. The molecule has 0 spiro atoms. The van der Waals surface area contributed by atoms with Gasteiger partial charge in [-0.05, 0) is 28.8 Å². The van der Waals surface area contributed by atoms with E-state index in [2.05, 4.69) is 10.6 Å². The molecule has 2 atom stereocenters. The molecule has 0 bridgehead atoms. The van der Waals surface area contributed by atoms with E-state index in [1.807, 2.05) is 60.7 Å². The normalized spacial score (nSPS) is 12.3. The second-order valence-electron chi connectivity index (χ2n) is 7.82. The Labute approximate surface area is 213 Å².